The molecule has 1 aromatic carbocycles. The molecule has 0 amide bonds. The Balaban J connectivity index is 3.38. The lowest BCUT2D eigenvalue weighted by molar-refractivity contribution is 0.101. The lowest BCUT2D eigenvalue weighted by atomic mass is 10.1. The van der Waals surface area contributed by atoms with E-state index in [9.17, 15) is 9.90 Å². The van der Waals surface area contributed by atoms with Crippen LogP contribution in [0, 0.1) is 6.92 Å². The first-order chi connectivity index (χ1) is 5.52. The van der Waals surface area contributed by atoms with E-state index in [4.69, 9.17) is 0 Å². The molecule has 64 valence electrons. The van der Waals surface area contributed by atoms with Gasteiger partial charge in [0.2, 0.25) is 0 Å². The number of hydrogen-bond acceptors (Lipinski definition) is 2. The maximum absolute atomic E-state index is 11.0. The number of benzene rings is 1. The molecule has 0 heterocycles. The average molecular weight is 229 g/mol. The van der Waals surface area contributed by atoms with Gasteiger partial charge in [-0.3, -0.25) is 4.79 Å². The smallest absolute Gasteiger partial charge is 0.164 e. The molecule has 0 aliphatic carbocycles. The summed E-state index contributed by atoms with van der Waals surface area (Å²) in [6.45, 7) is 3.28. The molecule has 0 saturated heterocycles. The SMILES string of the molecule is CC(=O)c1c(O)cc(C)cc1Br. The van der Waals surface area contributed by atoms with Gasteiger partial charge in [0.25, 0.3) is 0 Å². The van der Waals surface area contributed by atoms with E-state index in [0.29, 0.717) is 10.0 Å². The summed E-state index contributed by atoms with van der Waals surface area (Å²) < 4.78 is 0.646. The van der Waals surface area contributed by atoms with Crippen LogP contribution in [0.15, 0.2) is 16.6 Å². The van der Waals surface area contributed by atoms with E-state index in [2.05, 4.69) is 15.9 Å². The molecule has 0 bridgehead atoms. The van der Waals surface area contributed by atoms with Crippen molar-refractivity contribution in [2.24, 2.45) is 0 Å². The van der Waals surface area contributed by atoms with Crippen molar-refractivity contribution in [3.63, 3.8) is 0 Å². The number of ketones is 1. The van der Waals surface area contributed by atoms with Gasteiger partial charge in [0.05, 0.1) is 5.56 Å². The number of aryl methyl sites for hydroxylation is 1. The summed E-state index contributed by atoms with van der Waals surface area (Å²) in [5.41, 5.74) is 1.27. The van der Waals surface area contributed by atoms with Crippen LogP contribution in [0.3, 0.4) is 0 Å². The van der Waals surface area contributed by atoms with Gasteiger partial charge >= 0.3 is 0 Å². The molecule has 0 atom stereocenters. The Morgan fingerprint density at radius 3 is 2.50 bits per heavy atom. The van der Waals surface area contributed by atoms with Crippen LogP contribution in [-0.4, -0.2) is 10.9 Å². The molecule has 0 aromatic heterocycles. The van der Waals surface area contributed by atoms with Gasteiger partial charge in [-0.15, -0.1) is 0 Å². The molecular formula is C9H9BrO2. The maximum atomic E-state index is 11.0. The molecule has 0 aliphatic rings. The monoisotopic (exact) mass is 228 g/mol. The summed E-state index contributed by atoms with van der Waals surface area (Å²) in [4.78, 5) is 11.0. The van der Waals surface area contributed by atoms with Crippen LogP contribution in [0.1, 0.15) is 22.8 Å². The summed E-state index contributed by atoms with van der Waals surface area (Å²) in [6.07, 6.45) is 0. The first kappa shape index (κ1) is 9.26. The van der Waals surface area contributed by atoms with Crippen molar-refractivity contribution >= 4 is 21.7 Å². The predicted molar refractivity (Wildman–Crippen MR) is 50.5 cm³/mol. The van der Waals surface area contributed by atoms with E-state index in [-0.39, 0.29) is 11.5 Å². The third kappa shape index (κ3) is 1.67. The number of halogens is 1. The van der Waals surface area contributed by atoms with Crippen molar-refractivity contribution in [1.82, 2.24) is 0 Å². The van der Waals surface area contributed by atoms with Crippen LogP contribution in [-0.2, 0) is 0 Å². The van der Waals surface area contributed by atoms with Crippen molar-refractivity contribution in [3.8, 4) is 5.75 Å². The van der Waals surface area contributed by atoms with Crippen LogP contribution >= 0.6 is 15.9 Å². The highest BCUT2D eigenvalue weighted by Crippen LogP contribution is 2.27. The minimum absolute atomic E-state index is 0.0365. The maximum Gasteiger partial charge on any atom is 0.164 e. The third-order valence-corrected chi connectivity index (χ3v) is 2.19. The van der Waals surface area contributed by atoms with E-state index in [1.165, 1.54) is 6.92 Å². The summed E-state index contributed by atoms with van der Waals surface area (Å²) in [5.74, 6) is -0.103. The zero-order valence-electron chi connectivity index (χ0n) is 6.89. The number of phenolic OH excluding ortho intramolecular Hbond substituents is 1. The first-order valence-electron chi connectivity index (χ1n) is 3.52. The lowest BCUT2D eigenvalue weighted by Gasteiger charge is -2.04. The van der Waals surface area contributed by atoms with E-state index in [1.807, 2.05) is 6.92 Å². The number of carbonyl (C=O) groups is 1. The van der Waals surface area contributed by atoms with Gasteiger partial charge in [-0.05, 0) is 47.5 Å². The number of hydrogen-bond donors (Lipinski definition) is 1. The van der Waals surface area contributed by atoms with Crippen LogP contribution in [0.2, 0.25) is 0 Å². The van der Waals surface area contributed by atoms with Gasteiger partial charge in [-0.25, -0.2) is 0 Å². The molecule has 0 radical (unpaired) electrons. The summed E-state index contributed by atoms with van der Waals surface area (Å²) in [7, 11) is 0. The number of carbonyl (C=O) groups excluding carboxylic acids is 1. The largest absolute Gasteiger partial charge is 0.507 e. The highest BCUT2D eigenvalue weighted by atomic mass is 79.9. The number of Topliss-reactive ketones (excluding diaryl/α,β-unsaturated/α-hetero) is 1. The average Bonchev–Trinajstić information content (AvgIpc) is 1.82. The van der Waals surface area contributed by atoms with Gasteiger partial charge < -0.3 is 5.11 Å². The zero-order chi connectivity index (χ0) is 9.30. The van der Waals surface area contributed by atoms with Gasteiger partial charge in [0, 0.05) is 4.47 Å². The van der Waals surface area contributed by atoms with Gasteiger partial charge in [0.1, 0.15) is 5.75 Å². The van der Waals surface area contributed by atoms with Crippen molar-refractivity contribution in [2.45, 2.75) is 13.8 Å². The Morgan fingerprint density at radius 2 is 2.08 bits per heavy atom. The van der Waals surface area contributed by atoms with Crippen molar-refractivity contribution < 1.29 is 9.90 Å². The molecule has 0 spiro atoms. The Hall–Kier alpha value is -0.830. The highest BCUT2D eigenvalue weighted by molar-refractivity contribution is 9.10. The molecule has 0 fully saturated rings. The Bertz CT molecular complexity index is 308. The fourth-order valence-electron chi connectivity index (χ4n) is 1.07. The molecule has 0 aliphatic heterocycles. The Kier molecular flexibility index (Phi) is 2.52. The van der Waals surface area contributed by atoms with E-state index in [1.54, 1.807) is 12.1 Å². The summed E-state index contributed by atoms with van der Waals surface area (Å²) >= 11 is 3.22. The zero-order valence-corrected chi connectivity index (χ0v) is 8.47. The fourth-order valence-corrected chi connectivity index (χ4v) is 1.92. The molecule has 3 heteroatoms. The Morgan fingerprint density at radius 1 is 1.50 bits per heavy atom. The van der Waals surface area contributed by atoms with E-state index in [0.717, 1.165) is 5.56 Å². The second-order valence-corrected chi connectivity index (χ2v) is 3.55. The number of aromatic hydroxyl groups is 1. The standard InChI is InChI=1S/C9H9BrO2/c1-5-3-7(10)9(6(2)11)8(12)4-5/h3-4,12H,1-2H3. The normalized spacial score (nSPS) is 9.92. The quantitative estimate of drug-likeness (QED) is 0.751. The molecule has 2 nitrogen and oxygen atoms in total. The Labute approximate surface area is 79.3 Å². The second-order valence-electron chi connectivity index (χ2n) is 2.70. The molecular weight excluding hydrogens is 220 g/mol. The topological polar surface area (TPSA) is 37.3 Å². The molecule has 0 unspecified atom stereocenters. The number of rotatable bonds is 1. The molecule has 1 N–H and O–H groups in total. The first-order valence-corrected chi connectivity index (χ1v) is 4.31. The van der Waals surface area contributed by atoms with Crippen molar-refractivity contribution in [3.05, 3.63) is 27.7 Å². The van der Waals surface area contributed by atoms with E-state index >= 15 is 0 Å². The third-order valence-electron chi connectivity index (χ3n) is 1.57. The van der Waals surface area contributed by atoms with Gasteiger partial charge in [-0.1, -0.05) is 0 Å². The van der Waals surface area contributed by atoms with Crippen LogP contribution in [0.5, 0.6) is 5.75 Å². The molecule has 1 aromatic rings. The van der Waals surface area contributed by atoms with Gasteiger partial charge in [-0.2, -0.15) is 0 Å². The summed E-state index contributed by atoms with van der Waals surface area (Å²) in [6, 6.07) is 3.37. The minimum atomic E-state index is -0.139. The predicted octanol–water partition coefficient (Wildman–Crippen LogP) is 2.67. The molecule has 12 heavy (non-hydrogen) atoms. The highest BCUT2D eigenvalue weighted by Gasteiger charge is 2.10. The summed E-state index contributed by atoms with van der Waals surface area (Å²) in [5, 5.41) is 9.39. The van der Waals surface area contributed by atoms with Crippen LogP contribution in [0.25, 0.3) is 0 Å². The molecule has 0 saturated carbocycles. The molecule has 1 rings (SSSR count). The minimum Gasteiger partial charge on any atom is -0.507 e. The van der Waals surface area contributed by atoms with Crippen molar-refractivity contribution in [1.29, 1.82) is 0 Å². The van der Waals surface area contributed by atoms with Crippen LogP contribution < -0.4 is 0 Å². The second kappa shape index (κ2) is 3.27. The number of phenols is 1. The van der Waals surface area contributed by atoms with Crippen LogP contribution in [0.4, 0.5) is 0 Å². The van der Waals surface area contributed by atoms with Gasteiger partial charge in [0.15, 0.2) is 5.78 Å². The lowest BCUT2D eigenvalue weighted by Crippen LogP contribution is -1.94. The van der Waals surface area contributed by atoms with Crippen molar-refractivity contribution in [2.75, 3.05) is 0 Å². The fraction of sp³-hybridized carbons (Fsp3) is 0.222. The van der Waals surface area contributed by atoms with E-state index < -0.39 is 0 Å².